The van der Waals surface area contributed by atoms with E-state index in [0.29, 0.717) is 10.6 Å². The lowest BCUT2D eigenvalue weighted by Gasteiger charge is -2.03. The Kier molecular flexibility index (Phi) is 3.58. The minimum atomic E-state index is 0.486. The Balaban J connectivity index is 2.57. The summed E-state index contributed by atoms with van der Waals surface area (Å²) in [6.07, 6.45) is 3.30. The molecule has 0 amide bonds. The fraction of sp³-hybridized carbons (Fsp3) is 0.0769. The molecule has 2 aromatic heterocycles. The van der Waals surface area contributed by atoms with E-state index in [0.717, 1.165) is 16.0 Å². The highest BCUT2D eigenvalue weighted by molar-refractivity contribution is 7.12. The first-order valence-electron chi connectivity index (χ1n) is 4.98. The minimum Gasteiger partial charge on any atom is -0.265 e. The van der Waals surface area contributed by atoms with Crippen molar-refractivity contribution in [1.29, 1.82) is 5.26 Å². The van der Waals surface area contributed by atoms with Gasteiger partial charge >= 0.3 is 0 Å². The van der Waals surface area contributed by atoms with Gasteiger partial charge in [-0.15, -0.1) is 11.3 Å². The Bertz CT molecular complexity index is 593. The van der Waals surface area contributed by atoms with Crippen molar-refractivity contribution in [3.8, 4) is 6.07 Å². The van der Waals surface area contributed by atoms with Crippen LogP contribution in [0.2, 0.25) is 0 Å². The first kappa shape index (κ1) is 11.8. The van der Waals surface area contributed by atoms with Crippen molar-refractivity contribution in [1.82, 2.24) is 4.98 Å². The number of hydrogen-bond acceptors (Lipinski definition) is 3. The molecule has 0 aliphatic heterocycles. The van der Waals surface area contributed by atoms with Crippen molar-refractivity contribution in [3.63, 3.8) is 0 Å². The predicted molar refractivity (Wildman–Crippen MR) is 71.6 cm³/mol. The highest BCUT2D eigenvalue weighted by atomic mass is 35.5. The van der Waals surface area contributed by atoms with Crippen molar-refractivity contribution < 1.29 is 0 Å². The average Bonchev–Trinajstić information content (AvgIpc) is 2.77. The summed E-state index contributed by atoms with van der Waals surface area (Å²) in [4.78, 5) is 4.87. The van der Waals surface area contributed by atoms with Gasteiger partial charge in [0.15, 0.2) is 0 Å². The fourth-order valence-electron chi connectivity index (χ4n) is 1.47. The molecule has 17 heavy (non-hydrogen) atoms. The molecule has 2 aromatic rings. The molecule has 0 aromatic carbocycles. The van der Waals surface area contributed by atoms with E-state index in [2.05, 4.69) is 11.1 Å². The van der Waals surface area contributed by atoms with Crippen molar-refractivity contribution in [2.45, 2.75) is 6.92 Å². The first-order valence-corrected chi connectivity index (χ1v) is 6.24. The lowest BCUT2D eigenvalue weighted by Crippen LogP contribution is -1.86. The molecule has 0 spiro atoms. The second kappa shape index (κ2) is 5.13. The molecule has 4 heteroatoms. The molecule has 0 atom stereocenters. The number of nitrogens with zero attached hydrogens (tertiary/aromatic N) is 2. The number of hydrogen-bond donors (Lipinski definition) is 0. The van der Waals surface area contributed by atoms with Gasteiger partial charge in [0.05, 0.1) is 10.6 Å². The summed E-state index contributed by atoms with van der Waals surface area (Å²) < 4.78 is 0. The average molecular weight is 261 g/mol. The van der Waals surface area contributed by atoms with E-state index in [9.17, 15) is 5.26 Å². The maximum absolute atomic E-state index is 9.23. The number of pyridine rings is 1. The second-order valence-corrected chi connectivity index (χ2v) is 4.76. The quantitative estimate of drug-likeness (QED) is 0.763. The number of allylic oxidation sites excluding steroid dienone is 1. The Morgan fingerprint density at radius 3 is 2.59 bits per heavy atom. The molecule has 84 valence electrons. The molecule has 0 fully saturated rings. The zero-order valence-corrected chi connectivity index (χ0v) is 10.7. The Morgan fingerprint density at radius 2 is 2.06 bits per heavy atom. The van der Waals surface area contributed by atoms with Crippen molar-refractivity contribution in [2.75, 3.05) is 0 Å². The van der Waals surface area contributed by atoms with Crippen molar-refractivity contribution >= 4 is 33.5 Å². The van der Waals surface area contributed by atoms with Gasteiger partial charge < -0.3 is 0 Å². The van der Waals surface area contributed by atoms with E-state index >= 15 is 0 Å². The van der Waals surface area contributed by atoms with E-state index in [-0.39, 0.29) is 0 Å². The molecule has 0 aliphatic rings. The Morgan fingerprint density at radius 1 is 1.35 bits per heavy atom. The number of thiophene rings is 1. The zero-order chi connectivity index (χ0) is 12.3. The van der Waals surface area contributed by atoms with Crippen LogP contribution in [0.25, 0.3) is 10.6 Å². The minimum absolute atomic E-state index is 0.486. The molecular weight excluding hydrogens is 252 g/mol. The van der Waals surface area contributed by atoms with E-state index in [1.54, 1.807) is 24.5 Å². The number of nitriles is 1. The van der Waals surface area contributed by atoms with E-state index in [1.807, 2.05) is 18.4 Å². The molecule has 0 unspecified atom stereocenters. The van der Waals surface area contributed by atoms with Gasteiger partial charge in [0.1, 0.15) is 6.07 Å². The van der Waals surface area contributed by atoms with E-state index in [4.69, 9.17) is 11.6 Å². The van der Waals surface area contributed by atoms with Crippen LogP contribution in [-0.2, 0) is 0 Å². The summed E-state index contributed by atoms with van der Waals surface area (Å²) in [5.41, 5.74) is 2.36. The van der Waals surface area contributed by atoms with Crippen LogP contribution in [0.5, 0.6) is 0 Å². The van der Waals surface area contributed by atoms with Crippen LogP contribution >= 0.6 is 22.9 Å². The number of aryl methyl sites for hydroxylation is 1. The van der Waals surface area contributed by atoms with Crippen LogP contribution in [0.4, 0.5) is 0 Å². The maximum atomic E-state index is 9.23. The first-order chi connectivity index (χ1) is 8.24. The molecule has 2 nitrogen and oxygen atoms in total. The van der Waals surface area contributed by atoms with Gasteiger partial charge in [0.25, 0.3) is 0 Å². The molecule has 0 saturated carbocycles. The fourth-order valence-corrected chi connectivity index (χ4v) is 2.77. The van der Waals surface area contributed by atoms with Gasteiger partial charge in [-0.2, -0.15) is 5.26 Å². The molecule has 0 radical (unpaired) electrons. The molecule has 0 bridgehead atoms. The van der Waals surface area contributed by atoms with Crippen LogP contribution in [0.3, 0.4) is 0 Å². The largest absolute Gasteiger partial charge is 0.265 e. The normalized spacial score (nSPS) is 11.8. The molecular formula is C13H9ClN2S. The number of halogens is 1. The van der Waals surface area contributed by atoms with Crippen LogP contribution in [-0.4, -0.2) is 4.98 Å². The monoisotopic (exact) mass is 260 g/mol. The molecule has 2 heterocycles. The van der Waals surface area contributed by atoms with Gasteiger partial charge in [-0.1, -0.05) is 11.6 Å². The smallest absolute Gasteiger partial charge is 0.101 e. The molecule has 2 rings (SSSR count). The zero-order valence-electron chi connectivity index (χ0n) is 9.14. The van der Waals surface area contributed by atoms with Crippen LogP contribution in [0, 0.1) is 18.3 Å². The topological polar surface area (TPSA) is 36.7 Å². The highest BCUT2D eigenvalue weighted by Gasteiger charge is 2.12. The van der Waals surface area contributed by atoms with E-state index < -0.39 is 0 Å². The van der Waals surface area contributed by atoms with Crippen molar-refractivity contribution in [2.24, 2.45) is 0 Å². The number of rotatable bonds is 2. The van der Waals surface area contributed by atoms with Crippen molar-refractivity contribution in [3.05, 3.63) is 52.0 Å². The lowest BCUT2D eigenvalue weighted by molar-refractivity contribution is 1.32. The summed E-state index contributed by atoms with van der Waals surface area (Å²) >= 11 is 7.84. The van der Waals surface area contributed by atoms with Crippen LogP contribution in [0.1, 0.15) is 16.0 Å². The summed E-state index contributed by atoms with van der Waals surface area (Å²) in [6.45, 7) is 1.98. The van der Waals surface area contributed by atoms with Gasteiger partial charge in [0.2, 0.25) is 0 Å². The van der Waals surface area contributed by atoms with Gasteiger partial charge in [-0.05, 0) is 41.6 Å². The maximum Gasteiger partial charge on any atom is 0.101 e. The molecule has 0 saturated heterocycles. The Hall–Kier alpha value is -1.63. The third kappa shape index (κ3) is 2.38. The van der Waals surface area contributed by atoms with Gasteiger partial charge in [0, 0.05) is 17.3 Å². The predicted octanol–water partition coefficient (Wildman–Crippen LogP) is 4.08. The summed E-state index contributed by atoms with van der Waals surface area (Å²) in [7, 11) is 0. The number of aromatic nitrogens is 1. The lowest BCUT2D eigenvalue weighted by atomic mass is 10.1. The Labute approximate surface area is 109 Å². The van der Waals surface area contributed by atoms with Gasteiger partial charge in [-0.3, -0.25) is 4.98 Å². The summed E-state index contributed by atoms with van der Waals surface area (Å²) in [5, 5.41) is 11.7. The second-order valence-electron chi connectivity index (χ2n) is 3.47. The standard InChI is InChI=1S/C13H9ClN2S/c1-9-4-7-17-13(9)12(14)11(8-15)10-2-5-16-6-3-10/h2-7H,1H3/b12-11+. The SMILES string of the molecule is Cc1ccsc1/C(Cl)=C(/C#N)c1ccncc1. The third-order valence-electron chi connectivity index (χ3n) is 2.36. The van der Waals surface area contributed by atoms with E-state index in [1.165, 1.54) is 11.3 Å². The molecule has 0 N–H and O–H groups in total. The highest BCUT2D eigenvalue weighted by Crippen LogP contribution is 2.34. The van der Waals surface area contributed by atoms with Crippen LogP contribution in [0.15, 0.2) is 36.0 Å². The molecule has 0 aliphatic carbocycles. The third-order valence-corrected chi connectivity index (χ3v) is 3.89. The van der Waals surface area contributed by atoms with Gasteiger partial charge in [-0.25, -0.2) is 0 Å². The van der Waals surface area contributed by atoms with Crippen LogP contribution < -0.4 is 0 Å². The summed E-state index contributed by atoms with van der Waals surface area (Å²) in [6, 6.07) is 7.71. The summed E-state index contributed by atoms with van der Waals surface area (Å²) in [5.74, 6) is 0.